The molecule has 0 bridgehead atoms. The molecule has 0 amide bonds. The summed E-state index contributed by atoms with van der Waals surface area (Å²) in [5.74, 6) is 1.19. The summed E-state index contributed by atoms with van der Waals surface area (Å²) in [6, 6.07) is 4.33. The number of aryl methyl sites for hydroxylation is 3. The first kappa shape index (κ1) is 12.2. The maximum Gasteiger partial charge on any atom is 0.137 e. The lowest BCUT2D eigenvalue weighted by Gasteiger charge is -2.04. The summed E-state index contributed by atoms with van der Waals surface area (Å²) >= 11 is 3.59. The summed E-state index contributed by atoms with van der Waals surface area (Å²) in [7, 11) is 0. The first-order chi connectivity index (χ1) is 8.79. The first-order valence-corrected chi connectivity index (χ1v) is 7.42. The molecule has 2 nitrogen and oxygen atoms in total. The van der Waals surface area contributed by atoms with Gasteiger partial charge in [0.2, 0.25) is 0 Å². The van der Waals surface area contributed by atoms with E-state index in [1.54, 1.807) is 0 Å². The highest BCUT2D eigenvalue weighted by Crippen LogP contribution is 2.36. The van der Waals surface area contributed by atoms with Crippen LogP contribution in [0.1, 0.15) is 36.1 Å². The molecule has 0 saturated heterocycles. The standard InChI is InChI=1S/C15H17BrO2/c16-11-8-10(4-1-2-7-17)15-13(9-11)12-5-3-6-14(12)18-15/h8-9,17H,1-7H2. The SMILES string of the molecule is OCCCCc1cc(Br)cc2c3c(oc12)CCC3. The molecule has 0 atom stereocenters. The predicted molar refractivity (Wildman–Crippen MR) is 76.0 cm³/mol. The second-order valence-corrected chi connectivity index (χ2v) is 5.90. The van der Waals surface area contributed by atoms with Crippen LogP contribution in [0.5, 0.6) is 0 Å². The average Bonchev–Trinajstić information content (AvgIpc) is 2.91. The Morgan fingerprint density at radius 2 is 2.11 bits per heavy atom. The molecule has 96 valence electrons. The minimum absolute atomic E-state index is 0.270. The van der Waals surface area contributed by atoms with Crippen LogP contribution in [0.15, 0.2) is 21.0 Å². The van der Waals surface area contributed by atoms with Gasteiger partial charge in [0.05, 0.1) is 0 Å². The fraction of sp³-hybridized carbons (Fsp3) is 0.467. The van der Waals surface area contributed by atoms with Crippen LogP contribution in [0, 0.1) is 0 Å². The Bertz CT molecular complexity index is 571. The zero-order chi connectivity index (χ0) is 12.5. The van der Waals surface area contributed by atoms with E-state index in [2.05, 4.69) is 28.1 Å². The van der Waals surface area contributed by atoms with Crippen LogP contribution >= 0.6 is 15.9 Å². The van der Waals surface area contributed by atoms with Crippen molar-refractivity contribution in [3.05, 3.63) is 33.5 Å². The fourth-order valence-electron chi connectivity index (χ4n) is 2.84. The minimum atomic E-state index is 0.270. The maximum absolute atomic E-state index is 8.87. The van der Waals surface area contributed by atoms with Gasteiger partial charge in [0.15, 0.2) is 0 Å². The lowest BCUT2D eigenvalue weighted by molar-refractivity contribution is 0.284. The number of hydrogen-bond acceptors (Lipinski definition) is 2. The normalized spacial score (nSPS) is 14.3. The van der Waals surface area contributed by atoms with Crippen LogP contribution in [-0.4, -0.2) is 11.7 Å². The Hall–Kier alpha value is -0.800. The van der Waals surface area contributed by atoms with Crippen LogP contribution < -0.4 is 0 Å². The summed E-state index contributed by atoms with van der Waals surface area (Å²) in [6.07, 6.45) is 6.29. The molecule has 1 aliphatic rings. The number of halogens is 1. The second kappa shape index (κ2) is 5.06. The molecule has 0 fully saturated rings. The minimum Gasteiger partial charge on any atom is -0.460 e. The highest BCUT2D eigenvalue weighted by Gasteiger charge is 2.21. The van der Waals surface area contributed by atoms with Gasteiger partial charge in [0.1, 0.15) is 11.3 Å². The number of rotatable bonds is 4. The Morgan fingerprint density at radius 3 is 2.94 bits per heavy atom. The van der Waals surface area contributed by atoms with Gasteiger partial charge in [-0.3, -0.25) is 0 Å². The molecular formula is C15H17BrO2. The first-order valence-electron chi connectivity index (χ1n) is 6.63. The fourth-order valence-corrected chi connectivity index (χ4v) is 3.35. The number of aliphatic hydroxyl groups excluding tert-OH is 1. The van der Waals surface area contributed by atoms with Crippen LogP contribution in [-0.2, 0) is 19.3 Å². The van der Waals surface area contributed by atoms with Crippen LogP contribution in [0.25, 0.3) is 11.0 Å². The van der Waals surface area contributed by atoms with Gasteiger partial charge in [-0.2, -0.15) is 0 Å². The molecule has 1 aromatic carbocycles. The molecule has 1 aliphatic carbocycles. The second-order valence-electron chi connectivity index (χ2n) is 4.98. The molecule has 1 aromatic heterocycles. The summed E-state index contributed by atoms with van der Waals surface area (Å²) in [6.45, 7) is 0.270. The van der Waals surface area contributed by atoms with Crippen LogP contribution in [0.3, 0.4) is 0 Å². The van der Waals surface area contributed by atoms with Gasteiger partial charge in [-0.25, -0.2) is 0 Å². The zero-order valence-electron chi connectivity index (χ0n) is 10.3. The van der Waals surface area contributed by atoms with Gasteiger partial charge >= 0.3 is 0 Å². The molecule has 0 spiro atoms. The van der Waals surface area contributed by atoms with Gasteiger partial charge in [-0.15, -0.1) is 0 Å². The third-order valence-corrected chi connectivity index (χ3v) is 4.16. The van der Waals surface area contributed by atoms with E-state index in [1.165, 1.54) is 28.7 Å². The predicted octanol–water partition coefficient (Wildman–Crippen LogP) is 4.00. The van der Waals surface area contributed by atoms with Crippen molar-refractivity contribution in [3.8, 4) is 0 Å². The quantitative estimate of drug-likeness (QED) is 0.866. The molecule has 0 saturated carbocycles. The molecule has 3 heteroatoms. The summed E-state index contributed by atoms with van der Waals surface area (Å²) in [5.41, 5.74) is 3.75. The van der Waals surface area contributed by atoms with E-state index in [0.29, 0.717) is 0 Å². The van der Waals surface area contributed by atoms with E-state index in [9.17, 15) is 0 Å². The monoisotopic (exact) mass is 308 g/mol. The third kappa shape index (κ3) is 2.10. The molecule has 1 N–H and O–H groups in total. The Balaban J connectivity index is 2.02. The van der Waals surface area contributed by atoms with E-state index < -0.39 is 0 Å². The van der Waals surface area contributed by atoms with Crippen molar-refractivity contribution in [2.75, 3.05) is 6.61 Å². The average molecular weight is 309 g/mol. The van der Waals surface area contributed by atoms with E-state index in [1.807, 2.05) is 0 Å². The smallest absolute Gasteiger partial charge is 0.137 e. The Morgan fingerprint density at radius 1 is 1.22 bits per heavy atom. The molecule has 1 heterocycles. The summed E-state index contributed by atoms with van der Waals surface area (Å²) in [5, 5.41) is 10.2. The lowest BCUT2D eigenvalue weighted by Crippen LogP contribution is -1.90. The van der Waals surface area contributed by atoms with Crippen molar-refractivity contribution in [2.24, 2.45) is 0 Å². The molecule has 0 unspecified atom stereocenters. The van der Waals surface area contributed by atoms with E-state index in [0.717, 1.165) is 42.2 Å². The van der Waals surface area contributed by atoms with Gasteiger partial charge < -0.3 is 9.52 Å². The van der Waals surface area contributed by atoms with Crippen LogP contribution in [0.2, 0.25) is 0 Å². The number of unbranched alkanes of at least 4 members (excludes halogenated alkanes) is 1. The van der Waals surface area contributed by atoms with Crippen molar-refractivity contribution in [3.63, 3.8) is 0 Å². The molecule has 2 aromatic rings. The zero-order valence-corrected chi connectivity index (χ0v) is 11.9. The molecule has 0 aliphatic heterocycles. The van der Waals surface area contributed by atoms with Crippen molar-refractivity contribution < 1.29 is 9.52 Å². The largest absolute Gasteiger partial charge is 0.460 e. The summed E-state index contributed by atoms with van der Waals surface area (Å²) in [4.78, 5) is 0. The topological polar surface area (TPSA) is 33.4 Å². The van der Waals surface area contributed by atoms with Gasteiger partial charge in [0.25, 0.3) is 0 Å². The van der Waals surface area contributed by atoms with E-state index >= 15 is 0 Å². The molecule has 18 heavy (non-hydrogen) atoms. The third-order valence-electron chi connectivity index (χ3n) is 3.70. The summed E-state index contributed by atoms with van der Waals surface area (Å²) < 4.78 is 7.17. The van der Waals surface area contributed by atoms with Crippen molar-refractivity contribution in [1.29, 1.82) is 0 Å². The Kier molecular flexibility index (Phi) is 3.44. The van der Waals surface area contributed by atoms with Crippen molar-refractivity contribution >= 4 is 26.9 Å². The number of aliphatic hydroxyl groups is 1. The molecular weight excluding hydrogens is 292 g/mol. The number of hydrogen-bond donors (Lipinski definition) is 1. The van der Waals surface area contributed by atoms with Gasteiger partial charge in [-0.05, 0) is 49.8 Å². The van der Waals surface area contributed by atoms with Crippen molar-refractivity contribution in [1.82, 2.24) is 0 Å². The van der Waals surface area contributed by atoms with Gasteiger partial charge in [-0.1, -0.05) is 15.9 Å². The number of fused-ring (bicyclic) bond motifs is 3. The lowest BCUT2D eigenvalue weighted by atomic mass is 10.0. The molecule has 3 rings (SSSR count). The number of furan rings is 1. The van der Waals surface area contributed by atoms with E-state index in [4.69, 9.17) is 9.52 Å². The van der Waals surface area contributed by atoms with Gasteiger partial charge in [0, 0.05) is 28.5 Å². The highest BCUT2D eigenvalue weighted by atomic mass is 79.9. The maximum atomic E-state index is 8.87. The highest BCUT2D eigenvalue weighted by molar-refractivity contribution is 9.10. The van der Waals surface area contributed by atoms with Crippen LogP contribution in [0.4, 0.5) is 0 Å². The van der Waals surface area contributed by atoms with E-state index in [-0.39, 0.29) is 6.61 Å². The molecule has 0 radical (unpaired) electrons. The number of benzene rings is 1. The Labute approximate surface area is 115 Å². The van der Waals surface area contributed by atoms with Crippen molar-refractivity contribution in [2.45, 2.75) is 38.5 Å².